The number of pyridine rings is 1. The fraction of sp³-hybridized carbons (Fsp3) is 0.400. The number of nitrogens with one attached hydrogen (secondary N) is 2. The number of furan rings is 1. The molecule has 11 heteroatoms. The average Bonchev–Trinajstić information content (AvgIpc) is 3.66. The summed E-state index contributed by atoms with van der Waals surface area (Å²) < 4.78 is 16.0. The molecule has 190 valence electrons. The van der Waals surface area contributed by atoms with Gasteiger partial charge in [-0.25, -0.2) is 0 Å². The van der Waals surface area contributed by atoms with E-state index >= 15 is 0 Å². The molecular weight excluding hydrogens is 466 g/mol. The highest BCUT2D eigenvalue weighted by molar-refractivity contribution is 5.94. The summed E-state index contributed by atoms with van der Waals surface area (Å²) in [6.07, 6.45) is 6.19. The van der Waals surface area contributed by atoms with Crippen molar-refractivity contribution in [3.8, 4) is 0 Å². The summed E-state index contributed by atoms with van der Waals surface area (Å²) in [7, 11) is 0. The van der Waals surface area contributed by atoms with Crippen LogP contribution < -0.4 is 10.6 Å². The first-order valence-corrected chi connectivity index (χ1v) is 11.8. The van der Waals surface area contributed by atoms with Gasteiger partial charge in [0.25, 0.3) is 0 Å². The summed E-state index contributed by atoms with van der Waals surface area (Å²) in [4.78, 5) is 44.8. The number of aromatic nitrogens is 2. The lowest BCUT2D eigenvalue weighted by molar-refractivity contribution is -0.142. The van der Waals surface area contributed by atoms with E-state index in [0.29, 0.717) is 30.2 Å². The van der Waals surface area contributed by atoms with Crippen molar-refractivity contribution in [3.63, 3.8) is 0 Å². The molecule has 3 aromatic heterocycles. The number of amides is 3. The maximum atomic E-state index is 13.5. The third-order valence-electron chi connectivity index (χ3n) is 5.80. The fourth-order valence-corrected chi connectivity index (χ4v) is 4.02. The molecule has 3 aromatic rings. The first kappa shape index (κ1) is 25.1. The third kappa shape index (κ3) is 6.79. The maximum absolute atomic E-state index is 13.5. The molecule has 2 N–H and O–H groups in total. The van der Waals surface area contributed by atoms with E-state index in [4.69, 9.17) is 13.7 Å². The zero-order valence-electron chi connectivity index (χ0n) is 20.0. The van der Waals surface area contributed by atoms with Crippen LogP contribution in [0.1, 0.15) is 48.8 Å². The minimum absolute atomic E-state index is 0.0508. The molecule has 0 radical (unpaired) electrons. The molecule has 36 heavy (non-hydrogen) atoms. The van der Waals surface area contributed by atoms with Crippen molar-refractivity contribution in [3.05, 3.63) is 66.1 Å². The van der Waals surface area contributed by atoms with Crippen molar-refractivity contribution in [2.45, 2.75) is 51.3 Å². The summed E-state index contributed by atoms with van der Waals surface area (Å²) in [6, 6.07) is 7.46. The molecule has 1 aliphatic rings. The van der Waals surface area contributed by atoms with Crippen molar-refractivity contribution in [2.75, 3.05) is 18.5 Å². The lowest BCUT2D eigenvalue weighted by atomic mass is 10.0. The normalized spacial score (nSPS) is 15.9. The van der Waals surface area contributed by atoms with Gasteiger partial charge in [0.1, 0.15) is 17.6 Å². The number of nitrogens with zero attached hydrogens (tertiary/aromatic N) is 3. The quantitative estimate of drug-likeness (QED) is 0.414. The number of hydrogen-bond donors (Lipinski definition) is 2. The van der Waals surface area contributed by atoms with Gasteiger partial charge in [-0.1, -0.05) is 5.16 Å². The van der Waals surface area contributed by atoms with Crippen LogP contribution >= 0.6 is 0 Å². The Morgan fingerprint density at radius 3 is 2.69 bits per heavy atom. The summed E-state index contributed by atoms with van der Waals surface area (Å²) in [5.41, 5.74) is 0.595. The van der Waals surface area contributed by atoms with Crippen LogP contribution in [0.3, 0.4) is 0 Å². The molecule has 0 aliphatic carbocycles. The fourth-order valence-electron chi connectivity index (χ4n) is 4.02. The SMILES string of the molecule is Cc1cc(NC(=O)CCC(=O)N(Cc2ccco2)[C@H](C(=O)NC[C@H]2CCCO2)c2ccncc2)no1. The molecule has 0 bridgehead atoms. The molecule has 0 spiro atoms. The van der Waals surface area contributed by atoms with E-state index < -0.39 is 11.9 Å². The molecule has 1 aliphatic heterocycles. The van der Waals surface area contributed by atoms with Crippen LogP contribution in [0.4, 0.5) is 5.82 Å². The van der Waals surface area contributed by atoms with Gasteiger partial charge in [-0.2, -0.15) is 0 Å². The molecular formula is C25H29N5O6. The van der Waals surface area contributed by atoms with Crippen LogP contribution in [0.25, 0.3) is 0 Å². The van der Waals surface area contributed by atoms with E-state index in [1.54, 1.807) is 49.6 Å². The number of rotatable bonds is 11. The molecule has 1 fully saturated rings. The Kier molecular flexibility index (Phi) is 8.45. The third-order valence-corrected chi connectivity index (χ3v) is 5.80. The van der Waals surface area contributed by atoms with E-state index in [2.05, 4.69) is 20.8 Å². The van der Waals surface area contributed by atoms with Crippen molar-refractivity contribution in [1.82, 2.24) is 20.4 Å². The Balaban J connectivity index is 1.51. The highest BCUT2D eigenvalue weighted by Gasteiger charge is 2.33. The minimum atomic E-state index is -0.951. The van der Waals surface area contributed by atoms with E-state index in [1.165, 1.54) is 11.2 Å². The van der Waals surface area contributed by atoms with E-state index in [0.717, 1.165) is 12.8 Å². The molecule has 0 aromatic carbocycles. The van der Waals surface area contributed by atoms with Crippen LogP contribution in [-0.2, 0) is 25.7 Å². The van der Waals surface area contributed by atoms with Gasteiger partial charge in [0, 0.05) is 44.5 Å². The van der Waals surface area contributed by atoms with Gasteiger partial charge in [0.15, 0.2) is 5.82 Å². The standard InChI is InChI=1S/C25H29N5O6/c1-17-14-21(29-36-17)28-22(31)6-7-23(32)30(16-20-5-3-13-35-20)24(18-8-10-26-11-9-18)25(33)27-15-19-4-2-12-34-19/h3,5,8-11,13-14,19,24H,2,4,6-7,12,15-16H2,1H3,(H,27,33)(H,28,29,31)/t19-,24+/m1/s1. The Bertz CT molecular complexity index is 1140. The van der Waals surface area contributed by atoms with Crippen molar-refractivity contribution in [2.24, 2.45) is 0 Å². The maximum Gasteiger partial charge on any atom is 0.247 e. The van der Waals surface area contributed by atoms with Crippen LogP contribution in [-0.4, -0.2) is 52.0 Å². The molecule has 4 heterocycles. The van der Waals surface area contributed by atoms with Crippen molar-refractivity contribution >= 4 is 23.5 Å². The zero-order chi connectivity index (χ0) is 25.3. The Morgan fingerprint density at radius 2 is 2.03 bits per heavy atom. The predicted molar refractivity (Wildman–Crippen MR) is 127 cm³/mol. The van der Waals surface area contributed by atoms with Crippen LogP contribution in [0.2, 0.25) is 0 Å². The zero-order valence-corrected chi connectivity index (χ0v) is 20.0. The minimum Gasteiger partial charge on any atom is -0.467 e. The molecule has 4 rings (SSSR count). The predicted octanol–water partition coefficient (Wildman–Crippen LogP) is 2.76. The number of aryl methyl sites for hydroxylation is 1. The molecule has 0 saturated carbocycles. The molecule has 11 nitrogen and oxygen atoms in total. The van der Waals surface area contributed by atoms with Gasteiger partial charge in [0.05, 0.1) is 18.9 Å². The number of anilines is 1. The van der Waals surface area contributed by atoms with Gasteiger partial charge in [-0.3, -0.25) is 19.4 Å². The smallest absolute Gasteiger partial charge is 0.247 e. The summed E-state index contributed by atoms with van der Waals surface area (Å²) in [5.74, 6) is 0.224. The summed E-state index contributed by atoms with van der Waals surface area (Å²) in [5, 5.41) is 9.26. The molecule has 0 unspecified atom stereocenters. The van der Waals surface area contributed by atoms with Gasteiger partial charge >= 0.3 is 0 Å². The lowest BCUT2D eigenvalue weighted by Crippen LogP contribution is -2.45. The van der Waals surface area contributed by atoms with Gasteiger partial charge in [-0.05, 0) is 49.6 Å². The summed E-state index contributed by atoms with van der Waals surface area (Å²) in [6.45, 7) is 2.79. The van der Waals surface area contributed by atoms with Crippen molar-refractivity contribution in [1.29, 1.82) is 0 Å². The second-order valence-electron chi connectivity index (χ2n) is 8.54. The Labute approximate surface area is 208 Å². The summed E-state index contributed by atoms with van der Waals surface area (Å²) >= 11 is 0. The first-order valence-electron chi connectivity index (χ1n) is 11.8. The number of carbonyl (C=O) groups is 3. The van der Waals surface area contributed by atoms with Gasteiger partial charge in [0.2, 0.25) is 17.7 Å². The molecule has 1 saturated heterocycles. The van der Waals surface area contributed by atoms with Crippen molar-refractivity contribution < 1.29 is 28.1 Å². The average molecular weight is 496 g/mol. The number of hydrogen-bond acceptors (Lipinski definition) is 8. The topological polar surface area (TPSA) is 140 Å². The Morgan fingerprint density at radius 1 is 1.19 bits per heavy atom. The largest absolute Gasteiger partial charge is 0.467 e. The number of carbonyl (C=O) groups excluding carboxylic acids is 3. The van der Waals surface area contributed by atoms with Gasteiger partial charge in [-0.15, -0.1) is 0 Å². The second kappa shape index (κ2) is 12.1. The van der Waals surface area contributed by atoms with Crippen LogP contribution in [0.15, 0.2) is 57.9 Å². The monoisotopic (exact) mass is 495 g/mol. The van der Waals surface area contributed by atoms with Crippen LogP contribution in [0.5, 0.6) is 0 Å². The molecule has 2 atom stereocenters. The van der Waals surface area contributed by atoms with Crippen LogP contribution in [0, 0.1) is 6.92 Å². The second-order valence-corrected chi connectivity index (χ2v) is 8.54. The Hall–Kier alpha value is -3.99. The lowest BCUT2D eigenvalue weighted by Gasteiger charge is -2.31. The highest BCUT2D eigenvalue weighted by Crippen LogP contribution is 2.25. The highest BCUT2D eigenvalue weighted by atomic mass is 16.5. The van der Waals surface area contributed by atoms with E-state index in [-0.39, 0.29) is 43.1 Å². The number of ether oxygens (including phenoxy) is 1. The molecule has 3 amide bonds. The van der Waals surface area contributed by atoms with Gasteiger partial charge < -0.3 is 29.2 Å². The van der Waals surface area contributed by atoms with E-state index in [1.807, 2.05) is 0 Å². The first-order chi connectivity index (χ1) is 17.5. The van der Waals surface area contributed by atoms with E-state index in [9.17, 15) is 14.4 Å².